The molecular formula is C20H26N2O8S. The van der Waals surface area contributed by atoms with Crippen molar-refractivity contribution in [3.05, 3.63) is 29.3 Å². The molecule has 2 heterocycles. The van der Waals surface area contributed by atoms with Crippen LogP contribution in [0.3, 0.4) is 0 Å². The van der Waals surface area contributed by atoms with Gasteiger partial charge in [-0.25, -0.2) is 18.0 Å². The van der Waals surface area contributed by atoms with Gasteiger partial charge < -0.3 is 19.1 Å². The predicted molar refractivity (Wildman–Crippen MR) is 108 cm³/mol. The number of ether oxygens (including phenoxy) is 3. The molecule has 0 spiro atoms. The molecule has 2 saturated heterocycles. The van der Waals surface area contributed by atoms with Crippen LogP contribution in [0, 0.1) is 5.92 Å². The standard InChI is InChI=1S/C20H26N2O8S/c1-28-19(24)14-5-6-16(20(25)29-2)17(12-14)31(26,27)22-7-3-4-15(13-22)18(23)21-8-10-30-11-9-21/h5-6,12,15H,3-4,7-11,13H2,1-2H3. The van der Waals surface area contributed by atoms with E-state index in [2.05, 4.69) is 4.74 Å². The highest BCUT2D eigenvalue weighted by Crippen LogP contribution is 2.28. The van der Waals surface area contributed by atoms with Crippen LogP contribution in [0.25, 0.3) is 0 Å². The van der Waals surface area contributed by atoms with E-state index in [4.69, 9.17) is 9.47 Å². The molecule has 0 saturated carbocycles. The SMILES string of the molecule is COC(=O)c1ccc(C(=O)OC)c(S(=O)(=O)N2CCCC(C(=O)N3CCOCC3)C2)c1. The van der Waals surface area contributed by atoms with E-state index < -0.39 is 27.9 Å². The minimum absolute atomic E-state index is 0.00158. The normalized spacial score (nSPS) is 20.2. The van der Waals surface area contributed by atoms with Crippen LogP contribution in [0.2, 0.25) is 0 Å². The summed E-state index contributed by atoms with van der Waals surface area (Å²) in [5.41, 5.74) is -0.191. The fraction of sp³-hybridized carbons (Fsp3) is 0.550. The van der Waals surface area contributed by atoms with Crippen molar-refractivity contribution in [1.82, 2.24) is 9.21 Å². The van der Waals surface area contributed by atoms with Crippen LogP contribution in [-0.2, 0) is 29.0 Å². The summed E-state index contributed by atoms with van der Waals surface area (Å²) >= 11 is 0. The van der Waals surface area contributed by atoms with E-state index in [1.54, 1.807) is 4.90 Å². The monoisotopic (exact) mass is 454 g/mol. The Kier molecular flexibility index (Phi) is 7.29. The molecule has 0 aliphatic carbocycles. The highest BCUT2D eigenvalue weighted by atomic mass is 32.2. The second kappa shape index (κ2) is 9.75. The second-order valence-corrected chi connectivity index (χ2v) is 9.24. The maximum atomic E-state index is 13.5. The number of hydrogen-bond donors (Lipinski definition) is 0. The van der Waals surface area contributed by atoms with Gasteiger partial charge in [0.1, 0.15) is 0 Å². The first kappa shape index (κ1) is 23.2. The van der Waals surface area contributed by atoms with Gasteiger partial charge in [-0.15, -0.1) is 0 Å². The number of piperidine rings is 1. The molecule has 0 bridgehead atoms. The molecule has 0 N–H and O–H groups in total. The minimum atomic E-state index is -4.18. The molecule has 11 heteroatoms. The van der Waals surface area contributed by atoms with Crippen LogP contribution >= 0.6 is 0 Å². The van der Waals surface area contributed by atoms with Crippen LogP contribution in [-0.4, -0.2) is 89.1 Å². The number of benzene rings is 1. The Morgan fingerprint density at radius 1 is 1.03 bits per heavy atom. The Balaban J connectivity index is 1.91. The molecule has 1 amide bonds. The minimum Gasteiger partial charge on any atom is -0.465 e. The summed E-state index contributed by atoms with van der Waals surface area (Å²) in [5, 5.41) is 0. The first-order valence-corrected chi connectivity index (χ1v) is 11.4. The van der Waals surface area contributed by atoms with Gasteiger partial charge in [0, 0.05) is 26.2 Å². The molecule has 2 aliphatic heterocycles. The summed E-state index contributed by atoms with van der Waals surface area (Å²) in [6.07, 6.45) is 1.08. The van der Waals surface area contributed by atoms with Crippen LogP contribution in [0.5, 0.6) is 0 Å². The molecule has 0 radical (unpaired) electrons. The zero-order valence-electron chi connectivity index (χ0n) is 17.5. The number of sulfonamides is 1. The number of carbonyl (C=O) groups is 3. The summed E-state index contributed by atoms with van der Waals surface area (Å²) in [7, 11) is -1.86. The lowest BCUT2D eigenvalue weighted by atomic mass is 9.98. The van der Waals surface area contributed by atoms with Crippen molar-refractivity contribution >= 4 is 27.9 Å². The Morgan fingerprint density at radius 3 is 2.35 bits per heavy atom. The molecule has 31 heavy (non-hydrogen) atoms. The van der Waals surface area contributed by atoms with Gasteiger partial charge in [-0.2, -0.15) is 4.31 Å². The van der Waals surface area contributed by atoms with Crippen molar-refractivity contribution in [3.63, 3.8) is 0 Å². The molecule has 1 unspecified atom stereocenters. The number of carbonyl (C=O) groups excluding carboxylic acids is 3. The maximum Gasteiger partial charge on any atom is 0.339 e. The van der Waals surface area contributed by atoms with Gasteiger partial charge in [-0.1, -0.05) is 0 Å². The second-order valence-electron chi connectivity index (χ2n) is 7.33. The number of nitrogens with zero attached hydrogens (tertiary/aromatic N) is 2. The van der Waals surface area contributed by atoms with Crippen LogP contribution in [0.1, 0.15) is 33.6 Å². The molecule has 1 atom stereocenters. The van der Waals surface area contributed by atoms with Gasteiger partial charge in [-0.3, -0.25) is 4.79 Å². The van der Waals surface area contributed by atoms with E-state index in [1.165, 1.54) is 23.5 Å². The highest BCUT2D eigenvalue weighted by molar-refractivity contribution is 7.89. The summed E-state index contributed by atoms with van der Waals surface area (Å²) in [6, 6.07) is 3.64. The van der Waals surface area contributed by atoms with Crippen LogP contribution in [0.15, 0.2) is 23.1 Å². The highest BCUT2D eigenvalue weighted by Gasteiger charge is 2.37. The van der Waals surface area contributed by atoms with Crippen molar-refractivity contribution in [2.45, 2.75) is 17.7 Å². The van der Waals surface area contributed by atoms with E-state index in [0.29, 0.717) is 39.1 Å². The van der Waals surface area contributed by atoms with Gasteiger partial charge in [-0.05, 0) is 31.0 Å². The van der Waals surface area contributed by atoms with Crippen molar-refractivity contribution < 1.29 is 37.0 Å². The number of methoxy groups -OCH3 is 2. The van der Waals surface area contributed by atoms with E-state index >= 15 is 0 Å². The van der Waals surface area contributed by atoms with Crippen LogP contribution < -0.4 is 0 Å². The molecular weight excluding hydrogens is 428 g/mol. The number of hydrogen-bond acceptors (Lipinski definition) is 8. The Hall–Kier alpha value is -2.50. The smallest absolute Gasteiger partial charge is 0.339 e. The van der Waals surface area contributed by atoms with E-state index in [-0.39, 0.29) is 35.0 Å². The van der Waals surface area contributed by atoms with Crippen molar-refractivity contribution in [2.24, 2.45) is 5.92 Å². The van der Waals surface area contributed by atoms with Crippen molar-refractivity contribution in [1.29, 1.82) is 0 Å². The van der Waals surface area contributed by atoms with E-state index in [9.17, 15) is 22.8 Å². The van der Waals surface area contributed by atoms with Gasteiger partial charge in [0.05, 0.1) is 49.4 Å². The van der Waals surface area contributed by atoms with Gasteiger partial charge >= 0.3 is 11.9 Å². The molecule has 2 fully saturated rings. The zero-order chi connectivity index (χ0) is 22.6. The largest absolute Gasteiger partial charge is 0.465 e. The summed E-state index contributed by atoms with van der Waals surface area (Å²) in [5.74, 6) is -2.15. The number of esters is 2. The zero-order valence-corrected chi connectivity index (χ0v) is 18.4. The molecule has 10 nitrogen and oxygen atoms in total. The molecule has 170 valence electrons. The molecule has 2 aliphatic rings. The first-order valence-electron chi connectivity index (χ1n) is 9.97. The summed E-state index contributed by atoms with van der Waals surface area (Å²) in [4.78, 5) is 38.4. The van der Waals surface area contributed by atoms with E-state index in [1.807, 2.05) is 0 Å². The van der Waals surface area contributed by atoms with Crippen molar-refractivity contribution in [3.8, 4) is 0 Å². The Labute approximate surface area is 181 Å². The number of amides is 1. The number of rotatable bonds is 5. The van der Waals surface area contributed by atoms with Gasteiger partial charge in [0.25, 0.3) is 0 Å². The molecule has 1 aromatic rings. The topological polar surface area (TPSA) is 120 Å². The Bertz CT molecular complexity index is 956. The van der Waals surface area contributed by atoms with E-state index in [0.717, 1.165) is 13.2 Å². The molecule has 0 aromatic heterocycles. The first-order chi connectivity index (χ1) is 14.8. The third-order valence-electron chi connectivity index (χ3n) is 5.48. The molecule has 1 aromatic carbocycles. The third-order valence-corrected chi connectivity index (χ3v) is 7.39. The maximum absolute atomic E-state index is 13.5. The van der Waals surface area contributed by atoms with Crippen LogP contribution in [0.4, 0.5) is 0 Å². The summed E-state index contributed by atoms with van der Waals surface area (Å²) < 4.78 is 42.8. The lowest BCUT2D eigenvalue weighted by molar-refractivity contribution is -0.140. The van der Waals surface area contributed by atoms with Gasteiger partial charge in [0.15, 0.2) is 0 Å². The predicted octanol–water partition coefficient (Wildman–Crippen LogP) is 0.519. The average molecular weight is 455 g/mol. The average Bonchev–Trinajstić information content (AvgIpc) is 2.82. The third kappa shape index (κ3) is 4.89. The summed E-state index contributed by atoms with van der Waals surface area (Å²) in [6.45, 7) is 2.10. The van der Waals surface area contributed by atoms with Crippen molar-refractivity contribution in [2.75, 3.05) is 53.6 Å². The van der Waals surface area contributed by atoms with Gasteiger partial charge in [0.2, 0.25) is 15.9 Å². The lowest BCUT2D eigenvalue weighted by Crippen LogP contribution is -2.49. The lowest BCUT2D eigenvalue weighted by Gasteiger charge is -2.35. The fourth-order valence-corrected chi connectivity index (χ4v) is 5.53. The fourth-order valence-electron chi connectivity index (χ4n) is 3.80. The quantitative estimate of drug-likeness (QED) is 0.591. The molecule has 3 rings (SSSR count). The number of morpholine rings is 1. The Morgan fingerprint density at radius 2 is 1.71 bits per heavy atom.